The summed E-state index contributed by atoms with van der Waals surface area (Å²) < 4.78 is 18.2. The first-order valence-electron chi connectivity index (χ1n) is 8.64. The number of fused-ring (bicyclic) bond motifs is 1. The lowest BCUT2D eigenvalue weighted by Gasteiger charge is -2.37. The third-order valence-electron chi connectivity index (χ3n) is 4.56. The molecule has 0 radical (unpaired) electrons. The van der Waals surface area contributed by atoms with Gasteiger partial charge in [-0.2, -0.15) is 5.26 Å². The van der Waals surface area contributed by atoms with Crippen molar-refractivity contribution < 1.29 is 23.5 Å². The van der Waals surface area contributed by atoms with Gasteiger partial charge in [-0.05, 0) is 17.7 Å². The second-order valence-electron chi connectivity index (χ2n) is 6.59. The molecule has 1 aromatic carbocycles. The third kappa shape index (κ3) is 3.44. The molecule has 0 aromatic heterocycles. The number of nitriles is 1. The van der Waals surface area contributed by atoms with Gasteiger partial charge >= 0.3 is 5.97 Å². The Hall–Kier alpha value is -3.58. The highest BCUT2D eigenvalue weighted by atomic mass is 32.2. The van der Waals surface area contributed by atoms with E-state index >= 15 is 0 Å². The van der Waals surface area contributed by atoms with Crippen LogP contribution in [0.5, 0.6) is 0 Å². The summed E-state index contributed by atoms with van der Waals surface area (Å²) in [6.07, 6.45) is 1.04. The van der Waals surface area contributed by atoms with Crippen molar-refractivity contribution in [1.29, 1.82) is 5.26 Å². The zero-order chi connectivity index (χ0) is 22.2. The van der Waals surface area contributed by atoms with Crippen LogP contribution in [-0.4, -0.2) is 48.8 Å². The van der Waals surface area contributed by atoms with E-state index in [1.165, 1.54) is 50.4 Å². The van der Waals surface area contributed by atoms with Crippen molar-refractivity contribution in [2.24, 2.45) is 5.73 Å². The van der Waals surface area contributed by atoms with E-state index in [9.17, 15) is 24.0 Å². The number of hydrogen-bond donors (Lipinski definition) is 1. The molecule has 10 heteroatoms. The summed E-state index contributed by atoms with van der Waals surface area (Å²) in [4.78, 5) is 40.3. The number of benzene rings is 1. The van der Waals surface area contributed by atoms with Crippen molar-refractivity contribution in [2.75, 3.05) is 21.2 Å². The molecule has 30 heavy (non-hydrogen) atoms. The lowest BCUT2D eigenvalue weighted by Crippen LogP contribution is -2.42. The molecule has 0 spiro atoms. The van der Waals surface area contributed by atoms with Crippen LogP contribution in [0.1, 0.15) is 11.5 Å². The average molecular weight is 428 g/mol. The molecule has 8 nitrogen and oxygen atoms in total. The van der Waals surface area contributed by atoms with Crippen LogP contribution in [0, 0.1) is 17.1 Å². The van der Waals surface area contributed by atoms with Gasteiger partial charge in [0.25, 0.3) is 11.8 Å². The van der Waals surface area contributed by atoms with Gasteiger partial charge in [-0.15, -0.1) is 0 Å². The fraction of sp³-hybridized carbons (Fsp3) is 0.200. The highest BCUT2D eigenvalue weighted by Gasteiger charge is 2.44. The Kier molecular flexibility index (Phi) is 5.67. The number of methoxy groups -OCH3 is 1. The number of hydrogen-bond acceptors (Lipinski definition) is 7. The van der Waals surface area contributed by atoms with Gasteiger partial charge in [-0.25, -0.2) is 9.18 Å². The van der Waals surface area contributed by atoms with Gasteiger partial charge in [-0.3, -0.25) is 14.5 Å². The minimum absolute atomic E-state index is 0.0242. The van der Waals surface area contributed by atoms with Gasteiger partial charge in [0, 0.05) is 20.2 Å². The molecule has 1 atom stereocenters. The first kappa shape index (κ1) is 21.1. The lowest BCUT2D eigenvalue weighted by molar-refractivity contribution is -0.135. The van der Waals surface area contributed by atoms with E-state index in [0.29, 0.717) is 5.56 Å². The molecule has 0 bridgehead atoms. The maximum Gasteiger partial charge on any atom is 0.344 e. The SMILES string of the molecule is COC(=O)C1=CC(=O)N2C(N)=C(C#N)C(c3ccc(F)cc3)C(C(=O)N(C)C)=C2S1. The number of amides is 2. The zero-order valence-electron chi connectivity index (χ0n) is 16.3. The van der Waals surface area contributed by atoms with Crippen LogP contribution < -0.4 is 5.73 Å². The van der Waals surface area contributed by atoms with Crippen LogP contribution in [0.2, 0.25) is 0 Å². The van der Waals surface area contributed by atoms with E-state index in [-0.39, 0.29) is 26.9 Å². The van der Waals surface area contributed by atoms with E-state index in [1.54, 1.807) is 0 Å². The summed E-state index contributed by atoms with van der Waals surface area (Å²) in [5, 5.41) is 9.90. The quantitative estimate of drug-likeness (QED) is 0.726. The molecule has 154 valence electrons. The summed E-state index contributed by atoms with van der Waals surface area (Å²) in [5.41, 5.74) is 6.64. The van der Waals surface area contributed by atoms with Crippen molar-refractivity contribution in [3.63, 3.8) is 0 Å². The molecule has 0 aliphatic carbocycles. The molecule has 1 aromatic rings. The maximum atomic E-state index is 13.5. The highest BCUT2D eigenvalue weighted by Crippen LogP contribution is 2.48. The van der Waals surface area contributed by atoms with Crippen LogP contribution >= 0.6 is 11.8 Å². The number of likely N-dealkylation sites (N-methyl/N-ethyl adjacent to an activating group) is 1. The lowest BCUT2D eigenvalue weighted by atomic mass is 9.82. The van der Waals surface area contributed by atoms with Gasteiger partial charge in [0.15, 0.2) is 0 Å². The Labute approximate surface area is 176 Å². The summed E-state index contributed by atoms with van der Waals surface area (Å²) in [6, 6.07) is 7.27. The van der Waals surface area contributed by atoms with Crippen LogP contribution in [0.4, 0.5) is 4.39 Å². The molecule has 2 aliphatic heterocycles. The van der Waals surface area contributed by atoms with Crippen molar-refractivity contribution >= 4 is 29.5 Å². The molecular formula is C20H17FN4O4S. The maximum absolute atomic E-state index is 13.5. The number of carbonyl (C=O) groups excluding carboxylic acids is 3. The minimum atomic E-state index is -0.950. The van der Waals surface area contributed by atoms with E-state index in [0.717, 1.165) is 22.7 Å². The number of allylic oxidation sites excluding steroid dienone is 1. The number of rotatable bonds is 3. The number of ether oxygens (including phenoxy) is 1. The minimum Gasteiger partial charge on any atom is -0.465 e. The summed E-state index contributed by atoms with van der Waals surface area (Å²) in [7, 11) is 4.20. The molecule has 0 saturated heterocycles. The summed E-state index contributed by atoms with van der Waals surface area (Å²) in [6.45, 7) is 0. The van der Waals surface area contributed by atoms with Crippen molar-refractivity contribution in [3.05, 3.63) is 68.6 Å². The third-order valence-corrected chi connectivity index (χ3v) is 5.66. The van der Waals surface area contributed by atoms with Gasteiger partial charge in [0.05, 0.1) is 35.3 Å². The Balaban J connectivity index is 2.33. The van der Waals surface area contributed by atoms with Crippen LogP contribution in [0.25, 0.3) is 0 Å². The topological polar surface area (TPSA) is 117 Å². The average Bonchev–Trinajstić information content (AvgIpc) is 2.72. The number of nitrogens with zero attached hydrogens (tertiary/aromatic N) is 3. The first-order valence-corrected chi connectivity index (χ1v) is 9.45. The number of halogens is 1. The molecule has 2 heterocycles. The summed E-state index contributed by atoms with van der Waals surface area (Å²) in [5.74, 6) is -3.52. The molecular weight excluding hydrogens is 411 g/mol. The molecule has 0 saturated carbocycles. The summed E-state index contributed by atoms with van der Waals surface area (Å²) >= 11 is 0.850. The van der Waals surface area contributed by atoms with Gasteiger partial charge < -0.3 is 15.4 Å². The molecule has 2 amide bonds. The molecule has 0 fully saturated rings. The fourth-order valence-corrected chi connectivity index (χ4v) is 4.29. The van der Waals surface area contributed by atoms with Crippen LogP contribution in [0.15, 0.2) is 57.2 Å². The standard InChI is InChI=1S/C20H17FN4O4S/c1-24(2)18(27)16-15(10-4-6-11(21)7-5-10)12(9-22)17(23)25-14(26)8-13(20(28)29-3)30-19(16)25/h4-8,15H,23H2,1-3H3. The van der Waals surface area contributed by atoms with E-state index in [4.69, 9.17) is 10.5 Å². The number of esters is 1. The van der Waals surface area contributed by atoms with Crippen molar-refractivity contribution in [1.82, 2.24) is 9.80 Å². The molecule has 2 aliphatic rings. The second-order valence-corrected chi connectivity index (χ2v) is 7.62. The predicted molar refractivity (Wildman–Crippen MR) is 106 cm³/mol. The Morgan fingerprint density at radius 3 is 2.47 bits per heavy atom. The van der Waals surface area contributed by atoms with E-state index in [2.05, 4.69) is 0 Å². The number of thioether (sulfide) groups is 1. The molecule has 3 rings (SSSR count). The Morgan fingerprint density at radius 2 is 1.93 bits per heavy atom. The normalized spacial score (nSPS) is 18.5. The zero-order valence-corrected chi connectivity index (χ0v) is 17.1. The van der Waals surface area contributed by atoms with Crippen molar-refractivity contribution in [3.8, 4) is 6.07 Å². The molecule has 2 N–H and O–H groups in total. The number of carbonyl (C=O) groups is 3. The van der Waals surface area contributed by atoms with Gasteiger partial charge in [0.2, 0.25) is 0 Å². The first-order chi connectivity index (χ1) is 14.2. The van der Waals surface area contributed by atoms with Gasteiger partial charge in [-0.1, -0.05) is 23.9 Å². The Morgan fingerprint density at radius 1 is 1.30 bits per heavy atom. The van der Waals surface area contributed by atoms with Crippen LogP contribution in [0.3, 0.4) is 0 Å². The van der Waals surface area contributed by atoms with Gasteiger partial charge in [0.1, 0.15) is 16.5 Å². The second kappa shape index (κ2) is 8.04. The Bertz CT molecular complexity index is 1080. The smallest absolute Gasteiger partial charge is 0.344 e. The van der Waals surface area contributed by atoms with Crippen LogP contribution in [-0.2, 0) is 19.1 Å². The fourth-order valence-electron chi connectivity index (χ4n) is 3.16. The monoisotopic (exact) mass is 428 g/mol. The van der Waals surface area contributed by atoms with E-state index in [1.807, 2.05) is 6.07 Å². The van der Waals surface area contributed by atoms with E-state index < -0.39 is 29.5 Å². The largest absolute Gasteiger partial charge is 0.465 e. The highest BCUT2D eigenvalue weighted by molar-refractivity contribution is 8.07. The predicted octanol–water partition coefficient (Wildman–Crippen LogP) is 1.55. The molecule has 1 unspecified atom stereocenters. The number of nitrogens with two attached hydrogens (primary N) is 1. The van der Waals surface area contributed by atoms with Crippen molar-refractivity contribution in [2.45, 2.75) is 5.92 Å².